The fraction of sp³-hybridized carbons (Fsp3) is 1.00. The maximum Gasteiger partial charge on any atom is 0.185 e. The molecule has 1 heteroatoms. The molecule has 44 valence electrons. The lowest BCUT2D eigenvalue weighted by atomic mass is 10.00. The summed E-state index contributed by atoms with van der Waals surface area (Å²) in [5.74, 6) is 0.613. The molecule has 0 saturated heterocycles. The Kier molecular flexibility index (Phi) is 2.12. The summed E-state index contributed by atoms with van der Waals surface area (Å²) < 4.78 is 0. The predicted octanol–water partition coefficient (Wildman–Crippen LogP) is 1.70. The maximum absolute atomic E-state index is 5.11. The van der Waals surface area contributed by atoms with Crippen LogP contribution in [0.4, 0.5) is 0 Å². The molecule has 0 spiro atoms. The molecule has 0 unspecified atom stereocenters. The molecule has 0 aliphatic heterocycles. The molecule has 7 heavy (non-hydrogen) atoms. The Morgan fingerprint density at radius 1 is 1.29 bits per heavy atom. The zero-order valence-corrected chi connectivity index (χ0v) is 6.30. The first-order chi connectivity index (χ1) is 2.94. The molecule has 0 N–H and O–H groups in total. The molecule has 0 nitrogen and oxygen atoms in total. The predicted molar refractivity (Wildman–Crippen MR) is 30.3 cm³/mol. The molecule has 0 fully saturated rings. The normalized spacial score (nSPS) is 12.9. The standard InChI is InChI=1S/C6H14Cl/c1-5(2)6(3,4)7/h5,7H,1-4H3/q+1. The van der Waals surface area contributed by atoms with E-state index in [9.17, 15) is 0 Å². The molecular weight excluding hydrogens is 108 g/mol. The van der Waals surface area contributed by atoms with Crippen LogP contribution in [0.25, 0.3) is 0 Å². The van der Waals surface area contributed by atoms with Gasteiger partial charge < -0.3 is 0 Å². The number of halogens is 1. The Labute approximate surface area is 50.9 Å². The Morgan fingerprint density at radius 2 is 1.43 bits per heavy atom. The summed E-state index contributed by atoms with van der Waals surface area (Å²) in [5.41, 5.74) is 0. The van der Waals surface area contributed by atoms with Gasteiger partial charge in [-0.25, -0.2) is 0 Å². The average molecular weight is 122 g/mol. The van der Waals surface area contributed by atoms with Crippen LogP contribution in [0.5, 0.6) is 0 Å². The zero-order chi connectivity index (χ0) is 6.08. The van der Waals surface area contributed by atoms with Crippen molar-refractivity contribution in [3.05, 3.63) is 0 Å². The van der Waals surface area contributed by atoms with E-state index in [1.54, 1.807) is 0 Å². The Balaban J connectivity index is 3.54. The highest BCUT2D eigenvalue weighted by atomic mass is 35.5. The molecule has 0 aromatic carbocycles. The van der Waals surface area contributed by atoms with Gasteiger partial charge in [0, 0.05) is 5.92 Å². The van der Waals surface area contributed by atoms with Crippen molar-refractivity contribution in [1.29, 1.82) is 0 Å². The molecule has 0 amide bonds. The summed E-state index contributed by atoms with van der Waals surface area (Å²) in [6.45, 7) is 8.44. The minimum atomic E-state index is 0.0833. The van der Waals surface area contributed by atoms with Crippen molar-refractivity contribution < 1.29 is 11.6 Å². The van der Waals surface area contributed by atoms with Crippen molar-refractivity contribution in [2.24, 2.45) is 5.92 Å². The largest absolute Gasteiger partial charge is 0.185 e. The third kappa shape index (κ3) is 2.93. The quantitative estimate of drug-likeness (QED) is 0.464. The van der Waals surface area contributed by atoms with E-state index in [2.05, 4.69) is 27.7 Å². The van der Waals surface area contributed by atoms with Crippen molar-refractivity contribution >= 4 is 0 Å². The van der Waals surface area contributed by atoms with Crippen molar-refractivity contribution in [1.82, 2.24) is 0 Å². The van der Waals surface area contributed by atoms with E-state index in [1.807, 2.05) is 0 Å². The van der Waals surface area contributed by atoms with Gasteiger partial charge in [0.25, 0.3) is 0 Å². The zero-order valence-electron chi connectivity index (χ0n) is 5.49. The van der Waals surface area contributed by atoms with Crippen LogP contribution >= 0.6 is 0 Å². The van der Waals surface area contributed by atoms with Gasteiger partial charge in [-0.15, -0.1) is 0 Å². The number of hydrogen-bond donors (Lipinski definition) is 0. The van der Waals surface area contributed by atoms with Crippen LogP contribution in [0.15, 0.2) is 0 Å². The number of hydrogen-bond acceptors (Lipinski definition) is 0. The van der Waals surface area contributed by atoms with Crippen molar-refractivity contribution in [2.45, 2.75) is 32.6 Å². The van der Waals surface area contributed by atoms with Crippen LogP contribution < -0.4 is 0 Å². The van der Waals surface area contributed by atoms with E-state index < -0.39 is 0 Å². The lowest BCUT2D eigenvalue weighted by Gasteiger charge is -2.10. The molecule has 0 heterocycles. The minimum absolute atomic E-state index is 0.0833. The summed E-state index contributed by atoms with van der Waals surface area (Å²) >= 11 is 5.11. The molecule has 0 rings (SSSR count). The first-order valence-corrected chi connectivity index (χ1v) is 3.06. The third-order valence-electron chi connectivity index (χ3n) is 1.39. The Morgan fingerprint density at radius 3 is 1.43 bits per heavy atom. The highest BCUT2D eigenvalue weighted by molar-refractivity contribution is 4.65. The lowest BCUT2D eigenvalue weighted by molar-refractivity contribution is -0.477. The van der Waals surface area contributed by atoms with E-state index in [0.717, 1.165) is 0 Å². The van der Waals surface area contributed by atoms with Crippen LogP contribution in [0.1, 0.15) is 27.7 Å². The average Bonchev–Trinajstić information content (AvgIpc) is 1.31. The van der Waals surface area contributed by atoms with Gasteiger partial charge in [-0.1, -0.05) is 13.8 Å². The van der Waals surface area contributed by atoms with Crippen LogP contribution in [0.2, 0.25) is 0 Å². The van der Waals surface area contributed by atoms with E-state index in [1.165, 1.54) is 0 Å². The smallest absolute Gasteiger partial charge is 0.0570 e. The Hall–Kier alpha value is 0.290. The van der Waals surface area contributed by atoms with Gasteiger partial charge in [0.15, 0.2) is 4.87 Å². The SMILES string of the molecule is CC(C)C(C)(C)[ClH+]. The second kappa shape index (κ2) is 2.04. The van der Waals surface area contributed by atoms with E-state index >= 15 is 0 Å². The summed E-state index contributed by atoms with van der Waals surface area (Å²) in [4.78, 5) is 0.0833. The van der Waals surface area contributed by atoms with Gasteiger partial charge in [-0.2, -0.15) is 0 Å². The summed E-state index contributed by atoms with van der Waals surface area (Å²) in [5, 5.41) is 0. The van der Waals surface area contributed by atoms with Crippen molar-refractivity contribution in [3.63, 3.8) is 0 Å². The van der Waals surface area contributed by atoms with Gasteiger partial charge in [0.1, 0.15) is 11.6 Å². The third-order valence-corrected chi connectivity index (χ3v) is 1.86. The summed E-state index contributed by atoms with van der Waals surface area (Å²) in [6.07, 6.45) is 0. The molecule has 0 saturated carbocycles. The van der Waals surface area contributed by atoms with Crippen molar-refractivity contribution in [2.75, 3.05) is 0 Å². The van der Waals surface area contributed by atoms with Gasteiger partial charge in [0.05, 0.1) is 0 Å². The second-order valence-electron chi connectivity index (χ2n) is 2.76. The fourth-order valence-corrected chi connectivity index (χ4v) is 0. The second-order valence-corrected chi connectivity index (χ2v) is 3.81. The molecule has 0 atom stereocenters. The molecule has 0 aromatic heterocycles. The first kappa shape index (κ1) is 7.29. The van der Waals surface area contributed by atoms with Crippen LogP contribution in [-0.2, 0) is 0 Å². The van der Waals surface area contributed by atoms with Gasteiger partial charge >= 0.3 is 0 Å². The number of alkyl halides is 1. The molecular formula is C6H14Cl+. The van der Waals surface area contributed by atoms with E-state index in [-0.39, 0.29) is 4.87 Å². The fourth-order valence-electron chi connectivity index (χ4n) is 0. The molecule has 0 radical (unpaired) electrons. The minimum Gasteiger partial charge on any atom is -0.0570 e. The lowest BCUT2D eigenvalue weighted by Crippen LogP contribution is -2.22. The highest BCUT2D eigenvalue weighted by Gasteiger charge is 2.26. The van der Waals surface area contributed by atoms with Crippen LogP contribution in [0, 0.1) is 17.5 Å². The van der Waals surface area contributed by atoms with Crippen molar-refractivity contribution in [3.8, 4) is 0 Å². The topological polar surface area (TPSA) is 0 Å². The molecule has 0 aliphatic carbocycles. The van der Waals surface area contributed by atoms with E-state index in [4.69, 9.17) is 11.6 Å². The van der Waals surface area contributed by atoms with Gasteiger partial charge in [-0.3, -0.25) is 0 Å². The van der Waals surface area contributed by atoms with E-state index in [0.29, 0.717) is 5.92 Å². The first-order valence-electron chi connectivity index (χ1n) is 2.65. The maximum atomic E-state index is 5.11. The summed E-state index contributed by atoms with van der Waals surface area (Å²) in [7, 11) is 0. The van der Waals surface area contributed by atoms with Gasteiger partial charge in [0.2, 0.25) is 0 Å². The highest BCUT2D eigenvalue weighted by Crippen LogP contribution is 2.14. The molecule has 0 bridgehead atoms. The van der Waals surface area contributed by atoms with Crippen LogP contribution in [-0.4, -0.2) is 4.87 Å². The molecule has 0 aromatic rings. The van der Waals surface area contributed by atoms with Gasteiger partial charge in [-0.05, 0) is 13.8 Å². The summed E-state index contributed by atoms with van der Waals surface area (Å²) in [6, 6.07) is 0. The van der Waals surface area contributed by atoms with Crippen LogP contribution in [0.3, 0.4) is 0 Å². The Bertz CT molecular complexity index is 49.7. The molecule has 0 aliphatic rings. The number of rotatable bonds is 1. The monoisotopic (exact) mass is 121 g/mol.